The molecule has 0 saturated carbocycles. The number of hydrogen-bond acceptors (Lipinski definition) is 7. The molecular weight excluding hydrogens is 326 g/mol. The number of aryl methyl sites for hydroxylation is 1. The van der Waals surface area contributed by atoms with Gasteiger partial charge in [0, 0.05) is 36.3 Å². The molecule has 9 nitrogen and oxygen atoms in total. The number of aromatic nitrogens is 2. The number of morpholine rings is 1. The van der Waals surface area contributed by atoms with Gasteiger partial charge in [0.2, 0.25) is 0 Å². The molecule has 9 heteroatoms. The first-order chi connectivity index (χ1) is 12.0. The topological polar surface area (TPSA) is 110 Å². The fourth-order valence-corrected chi connectivity index (χ4v) is 2.57. The lowest BCUT2D eigenvalue weighted by molar-refractivity contribution is -0.385. The number of ether oxygens (including phenoxy) is 1. The van der Waals surface area contributed by atoms with Crippen molar-refractivity contribution >= 4 is 23.2 Å². The quantitative estimate of drug-likeness (QED) is 0.665. The summed E-state index contributed by atoms with van der Waals surface area (Å²) in [7, 11) is 0. The molecule has 0 atom stereocenters. The fourth-order valence-electron chi connectivity index (χ4n) is 2.57. The Balaban J connectivity index is 1.74. The summed E-state index contributed by atoms with van der Waals surface area (Å²) in [5, 5.41) is 13.6. The second-order valence-electron chi connectivity index (χ2n) is 5.57. The highest BCUT2D eigenvalue weighted by Crippen LogP contribution is 2.20. The number of nitro benzene ring substituents is 1. The van der Waals surface area contributed by atoms with Crippen LogP contribution in [0.2, 0.25) is 0 Å². The highest BCUT2D eigenvalue weighted by Gasteiger charge is 2.16. The standard InChI is InChI=1S/C16H17N5O4/c1-11-8-12(2-3-13(11)21(23)24)16(22)19-14-9-15(18-10-17-14)20-4-6-25-7-5-20/h2-3,8-10H,4-7H2,1H3,(H,17,18,19,22). The number of carbonyl (C=O) groups is 1. The first-order valence-corrected chi connectivity index (χ1v) is 7.76. The number of anilines is 2. The molecular formula is C16H17N5O4. The van der Waals surface area contributed by atoms with Gasteiger partial charge in [0.05, 0.1) is 18.1 Å². The second kappa shape index (κ2) is 7.22. The zero-order valence-corrected chi connectivity index (χ0v) is 13.6. The summed E-state index contributed by atoms with van der Waals surface area (Å²) in [5.41, 5.74) is 0.733. The molecule has 0 bridgehead atoms. The van der Waals surface area contributed by atoms with Crippen LogP contribution < -0.4 is 10.2 Å². The van der Waals surface area contributed by atoms with Crippen molar-refractivity contribution in [2.75, 3.05) is 36.5 Å². The van der Waals surface area contributed by atoms with E-state index in [0.29, 0.717) is 36.0 Å². The Morgan fingerprint density at radius 3 is 2.72 bits per heavy atom. The first-order valence-electron chi connectivity index (χ1n) is 7.76. The van der Waals surface area contributed by atoms with Crippen LogP contribution in [0.25, 0.3) is 0 Å². The van der Waals surface area contributed by atoms with Crippen molar-refractivity contribution in [1.82, 2.24) is 9.97 Å². The van der Waals surface area contributed by atoms with E-state index in [0.717, 1.165) is 13.1 Å². The second-order valence-corrected chi connectivity index (χ2v) is 5.57. The summed E-state index contributed by atoms with van der Waals surface area (Å²) in [6, 6.07) is 5.92. The molecule has 1 N–H and O–H groups in total. The maximum Gasteiger partial charge on any atom is 0.272 e. The molecule has 1 amide bonds. The van der Waals surface area contributed by atoms with Crippen molar-refractivity contribution in [2.45, 2.75) is 6.92 Å². The van der Waals surface area contributed by atoms with Crippen molar-refractivity contribution in [3.63, 3.8) is 0 Å². The van der Waals surface area contributed by atoms with Gasteiger partial charge in [-0.1, -0.05) is 0 Å². The van der Waals surface area contributed by atoms with Crippen LogP contribution in [0.3, 0.4) is 0 Å². The number of carbonyl (C=O) groups excluding carboxylic acids is 1. The predicted molar refractivity (Wildman–Crippen MR) is 90.9 cm³/mol. The zero-order chi connectivity index (χ0) is 17.8. The number of amides is 1. The largest absolute Gasteiger partial charge is 0.378 e. The molecule has 130 valence electrons. The molecule has 0 spiro atoms. The highest BCUT2D eigenvalue weighted by molar-refractivity contribution is 6.04. The Labute approximate surface area is 143 Å². The average molecular weight is 343 g/mol. The molecule has 1 aliphatic rings. The number of nitrogens with zero attached hydrogens (tertiary/aromatic N) is 4. The van der Waals surface area contributed by atoms with Gasteiger partial charge in [-0.25, -0.2) is 9.97 Å². The molecule has 1 saturated heterocycles. The minimum atomic E-state index is -0.476. The smallest absolute Gasteiger partial charge is 0.272 e. The molecule has 25 heavy (non-hydrogen) atoms. The Hall–Kier alpha value is -3.07. The summed E-state index contributed by atoms with van der Waals surface area (Å²) in [6.07, 6.45) is 1.39. The molecule has 2 heterocycles. The van der Waals surface area contributed by atoms with Crippen molar-refractivity contribution < 1.29 is 14.5 Å². The van der Waals surface area contributed by atoms with E-state index in [-0.39, 0.29) is 11.6 Å². The zero-order valence-electron chi connectivity index (χ0n) is 13.6. The Morgan fingerprint density at radius 1 is 1.28 bits per heavy atom. The van der Waals surface area contributed by atoms with Crippen molar-refractivity contribution in [3.8, 4) is 0 Å². The Bertz CT molecular complexity index is 805. The third-order valence-electron chi connectivity index (χ3n) is 3.89. The normalized spacial score (nSPS) is 14.2. The summed E-state index contributed by atoms with van der Waals surface area (Å²) in [4.78, 5) is 33.1. The van der Waals surface area contributed by atoms with E-state index in [4.69, 9.17) is 4.74 Å². The van der Waals surface area contributed by atoms with Gasteiger partial charge in [0.15, 0.2) is 0 Å². The average Bonchev–Trinajstić information content (AvgIpc) is 2.62. The fraction of sp³-hybridized carbons (Fsp3) is 0.312. The molecule has 0 aliphatic carbocycles. The molecule has 2 aromatic rings. The van der Waals surface area contributed by atoms with Crippen LogP contribution >= 0.6 is 0 Å². The molecule has 3 rings (SSSR count). The van der Waals surface area contributed by atoms with E-state index in [1.165, 1.54) is 24.5 Å². The van der Waals surface area contributed by atoms with E-state index < -0.39 is 4.92 Å². The van der Waals surface area contributed by atoms with E-state index >= 15 is 0 Å². The van der Waals surface area contributed by atoms with Crippen molar-refractivity contribution in [2.24, 2.45) is 0 Å². The van der Waals surface area contributed by atoms with Crippen LogP contribution in [0.1, 0.15) is 15.9 Å². The van der Waals surface area contributed by atoms with E-state index in [1.807, 2.05) is 0 Å². The summed E-state index contributed by atoms with van der Waals surface area (Å²) >= 11 is 0. The Kier molecular flexibility index (Phi) is 4.85. The van der Waals surface area contributed by atoms with Crippen LogP contribution in [-0.2, 0) is 4.74 Å². The molecule has 0 radical (unpaired) electrons. The van der Waals surface area contributed by atoms with E-state index in [2.05, 4.69) is 20.2 Å². The lowest BCUT2D eigenvalue weighted by atomic mass is 10.1. The summed E-state index contributed by atoms with van der Waals surface area (Å²) < 4.78 is 5.31. The van der Waals surface area contributed by atoms with Crippen LogP contribution in [-0.4, -0.2) is 47.1 Å². The van der Waals surface area contributed by atoms with Gasteiger partial charge in [0.1, 0.15) is 18.0 Å². The minimum absolute atomic E-state index is 0.0202. The molecule has 1 aromatic carbocycles. The number of hydrogen-bond donors (Lipinski definition) is 1. The molecule has 1 aliphatic heterocycles. The third-order valence-corrected chi connectivity index (χ3v) is 3.89. The van der Waals surface area contributed by atoms with Crippen molar-refractivity contribution in [3.05, 3.63) is 51.8 Å². The lowest BCUT2D eigenvalue weighted by Gasteiger charge is -2.27. The molecule has 1 fully saturated rings. The number of benzene rings is 1. The van der Waals surface area contributed by atoms with Crippen LogP contribution in [0.5, 0.6) is 0 Å². The number of nitro groups is 1. The maximum atomic E-state index is 12.4. The maximum absolute atomic E-state index is 12.4. The summed E-state index contributed by atoms with van der Waals surface area (Å²) in [5.74, 6) is 0.704. The van der Waals surface area contributed by atoms with Crippen LogP contribution in [0.15, 0.2) is 30.6 Å². The summed E-state index contributed by atoms with van der Waals surface area (Å²) in [6.45, 7) is 4.32. The van der Waals surface area contributed by atoms with E-state index in [9.17, 15) is 14.9 Å². The van der Waals surface area contributed by atoms with Gasteiger partial charge in [-0.05, 0) is 19.1 Å². The highest BCUT2D eigenvalue weighted by atomic mass is 16.6. The van der Waals surface area contributed by atoms with Gasteiger partial charge in [-0.3, -0.25) is 14.9 Å². The van der Waals surface area contributed by atoms with Gasteiger partial charge in [-0.15, -0.1) is 0 Å². The SMILES string of the molecule is Cc1cc(C(=O)Nc2cc(N3CCOCC3)ncn2)ccc1[N+](=O)[O-]. The van der Waals surface area contributed by atoms with Gasteiger partial charge in [0.25, 0.3) is 11.6 Å². The molecule has 0 unspecified atom stereocenters. The number of rotatable bonds is 4. The number of nitrogens with one attached hydrogen (secondary N) is 1. The van der Waals surface area contributed by atoms with Crippen LogP contribution in [0.4, 0.5) is 17.3 Å². The van der Waals surface area contributed by atoms with Crippen LogP contribution in [0, 0.1) is 17.0 Å². The minimum Gasteiger partial charge on any atom is -0.378 e. The molecule has 1 aromatic heterocycles. The van der Waals surface area contributed by atoms with Gasteiger partial charge in [-0.2, -0.15) is 0 Å². The predicted octanol–water partition coefficient (Wildman–Crippen LogP) is 1.78. The lowest BCUT2D eigenvalue weighted by Crippen LogP contribution is -2.36. The van der Waals surface area contributed by atoms with Crippen molar-refractivity contribution in [1.29, 1.82) is 0 Å². The van der Waals surface area contributed by atoms with Gasteiger partial charge >= 0.3 is 0 Å². The van der Waals surface area contributed by atoms with E-state index in [1.54, 1.807) is 13.0 Å². The Morgan fingerprint density at radius 2 is 2.04 bits per heavy atom. The first kappa shape index (κ1) is 16.8. The third kappa shape index (κ3) is 3.89. The van der Waals surface area contributed by atoms with Gasteiger partial charge < -0.3 is 15.0 Å². The monoisotopic (exact) mass is 343 g/mol.